The maximum absolute atomic E-state index is 5.55. The quantitative estimate of drug-likeness (QED) is 0.769. The Hall–Kier alpha value is -1.96. The summed E-state index contributed by atoms with van der Waals surface area (Å²) in [5, 5.41) is 0. The molecule has 1 heterocycles. The van der Waals surface area contributed by atoms with E-state index >= 15 is 0 Å². The van der Waals surface area contributed by atoms with Crippen molar-refractivity contribution >= 4 is 0 Å². The lowest BCUT2D eigenvalue weighted by Crippen LogP contribution is -2.12. The van der Waals surface area contributed by atoms with Crippen molar-refractivity contribution in [3.8, 4) is 11.5 Å². The highest BCUT2D eigenvalue weighted by molar-refractivity contribution is 5.56. The van der Waals surface area contributed by atoms with Gasteiger partial charge in [0.05, 0.1) is 0 Å². The Bertz CT molecular complexity index is 659. The molecule has 1 unspecified atom stereocenters. The maximum Gasteiger partial charge on any atom is 0.231 e. The minimum Gasteiger partial charge on any atom is -0.454 e. The van der Waals surface area contributed by atoms with Crippen LogP contribution in [0.2, 0.25) is 0 Å². The first-order valence-corrected chi connectivity index (χ1v) is 7.14. The summed E-state index contributed by atoms with van der Waals surface area (Å²) in [4.78, 5) is 0. The van der Waals surface area contributed by atoms with Crippen LogP contribution >= 0.6 is 0 Å². The Morgan fingerprint density at radius 2 is 1.70 bits per heavy atom. The molecule has 0 bridgehead atoms. The molecule has 0 amide bonds. The van der Waals surface area contributed by atoms with E-state index < -0.39 is 0 Å². The van der Waals surface area contributed by atoms with Crippen molar-refractivity contribution in [3.05, 3.63) is 59.2 Å². The highest BCUT2D eigenvalue weighted by Crippen LogP contribution is 2.52. The van der Waals surface area contributed by atoms with Gasteiger partial charge < -0.3 is 9.47 Å². The van der Waals surface area contributed by atoms with Gasteiger partial charge in [0.25, 0.3) is 0 Å². The summed E-state index contributed by atoms with van der Waals surface area (Å²) >= 11 is 0. The SMILES string of the molecule is CC1(C)CC(c2ccccc2)c2cc3c(cc21)OCO3. The normalized spacial score (nSPS) is 21.8. The van der Waals surface area contributed by atoms with E-state index in [1.165, 1.54) is 16.7 Å². The molecule has 0 saturated carbocycles. The van der Waals surface area contributed by atoms with Crippen LogP contribution in [0.25, 0.3) is 0 Å². The summed E-state index contributed by atoms with van der Waals surface area (Å²) in [6, 6.07) is 15.1. The van der Waals surface area contributed by atoms with Crippen LogP contribution in [-0.4, -0.2) is 6.79 Å². The largest absolute Gasteiger partial charge is 0.454 e. The van der Waals surface area contributed by atoms with Crippen molar-refractivity contribution in [2.24, 2.45) is 0 Å². The Balaban J connectivity index is 1.88. The Kier molecular flexibility index (Phi) is 2.38. The van der Waals surface area contributed by atoms with Crippen molar-refractivity contribution in [1.29, 1.82) is 0 Å². The Labute approximate surface area is 119 Å². The smallest absolute Gasteiger partial charge is 0.231 e. The molecular weight excluding hydrogens is 248 g/mol. The zero-order valence-electron chi connectivity index (χ0n) is 11.8. The van der Waals surface area contributed by atoms with Crippen molar-refractivity contribution in [2.75, 3.05) is 6.79 Å². The Morgan fingerprint density at radius 1 is 1.00 bits per heavy atom. The fourth-order valence-corrected chi connectivity index (χ4v) is 3.55. The van der Waals surface area contributed by atoms with Crippen LogP contribution in [0.4, 0.5) is 0 Å². The minimum absolute atomic E-state index is 0.177. The van der Waals surface area contributed by atoms with E-state index in [1.807, 2.05) is 0 Å². The number of hydrogen-bond acceptors (Lipinski definition) is 2. The molecule has 102 valence electrons. The van der Waals surface area contributed by atoms with Crippen molar-refractivity contribution < 1.29 is 9.47 Å². The van der Waals surface area contributed by atoms with Gasteiger partial charge in [-0.05, 0) is 40.7 Å². The highest BCUT2D eigenvalue weighted by Gasteiger charge is 2.39. The zero-order chi connectivity index (χ0) is 13.7. The fourth-order valence-electron chi connectivity index (χ4n) is 3.55. The van der Waals surface area contributed by atoms with E-state index in [1.54, 1.807) is 0 Å². The van der Waals surface area contributed by atoms with E-state index in [0.29, 0.717) is 12.7 Å². The predicted molar refractivity (Wildman–Crippen MR) is 78.5 cm³/mol. The fraction of sp³-hybridized carbons (Fsp3) is 0.333. The second-order valence-corrected chi connectivity index (χ2v) is 6.34. The van der Waals surface area contributed by atoms with E-state index in [9.17, 15) is 0 Å². The molecule has 1 aliphatic carbocycles. The van der Waals surface area contributed by atoms with E-state index in [4.69, 9.17) is 9.47 Å². The van der Waals surface area contributed by atoms with Gasteiger partial charge in [-0.3, -0.25) is 0 Å². The standard InChI is InChI=1S/C18H18O2/c1-18(2)10-14(12-6-4-3-5-7-12)13-8-16-17(9-15(13)18)20-11-19-16/h3-9,14H,10-11H2,1-2H3. The van der Waals surface area contributed by atoms with Gasteiger partial charge >= 0.3 is 0 Å². The average molecular weight is 266 g/mol. The summed E-state index contributed by atoms with van der Waals surface area (Å²) in [5.74, 6) is 2.24. The van der Waals surface area contributed by atoms with E-state index in [2.05, 4.69) is 56.3 Å². The number of hydrogen-bond donors (Lipinski definition) is 0. The molecule has 2 aromatic rings. The number of rotatable bonds is 1. The summed E-state index contributed by atoms with van der Waals surface area (Å²) in [6.45, 7) is 4.97. The molecule has 0 radical (unpaired) electrons. The molecule has 0 aromatic heterocycles. The molecule has 2 heteroatoms. The Morgan fingerprint density at radius 3 is 2.45 bits per heavy atom. The van der Waals surface area contributed by atoms with Crippen LogP contribution in [0.5, 0.6) is 11.5 Å². The molecule has 1 aliphatic heterocycles. The lowest BCUT2D eigenvalue weighted by Gasteiger charge is -2.19. The second-order valence-electron chi connectivity index (χ2n) is 6.34. The van der Waals surface area contributed by atoms with E-state index in [-0.39, 0.29) is 5.41 Å². The first-order chi connectivity index (χ1) is 9.65. The second kappa shape index (κ2) is 4.02. The maximum atomic E-state index is 5.55. The van der Waals surface area contributed by atoms with Crippen molar-refractivity contribution in [2.45, 2.75) is 31.6 Å². The molecule has 0 fully saturated rings. The molecule has 20 heavy (non-hydrogen) atoms. The van der Waals surface area contributed by atoms with Crippen LogP contribution in [-0.2, 0) is 5.41 Å². The molecule has 4 rings (SSSR count). The summed E-state index contributed by atoms with van der Waals surface area (Å²) in [5.41, 5.74) is 4.36. The van der Waals surface area contributed by atoms with Gasteiger partial charge in [0.15, 0.2) is 11.5 Å². The summed E-state index contributed by atoms with van der Waals surface area (Å²) in [7, 11) is 0. The molecule has 2 nitrogen and oxygen atoms in total. The third kappa shape index (κ3) is 1.64. The number of benzene rings is 2. The van der Waals surface area contributed by atoms with Gasteiger partial charge in [0.1, 0.15) is 0 Å². The third-order valence-electron chi connectivity index (χ3n) is 4.57. The van der Waals surface area contributed by atoms with Gasteiger partial charge in [-0.2, -0.15) is 0 Å². The monoisotopic (exact) mass is 266 g/mol. The van der Waals surface area contributed by atoms with Crippen LogP contribution in [0.15, 0.2) is 42.5 Å². The zero-order valence-corrected chi connectivity index (χ0v) is 11.8. The van der Waals surface area contributed by atoms with Gasteiger partial charge in [0, 0.05) is 5.92 Å². The third-order valence-corrected chi connectivity index (χ3v) is 4.57. The summed E-state index contributed by atoms with van der Waals surface area (Å²) in [6.07, 6.45) is 1.13. The first kappa shape index (κ1) is 11.8. The van der Waals surface area contributed by atoms with Gasteiger partial charge in [-0.25, -0.2) is 0 Å². The lowest BCUT2D eigenvalue weighted by molar-refractivity contribution is 0.173. The molecule has 0 spiro atoms. The topological polar surface area (TPSA) is 18.5 Å². The minimum atomic E-state index is 0.177. The average Bonchev–Trinajstić information content (AvgIpc) is 3.01. The van der Waals surface area contributed by atoms with Gasteiger partial charge in [-0.15, -0.1) is 0 Å². The first-order valence-electron chi connectivity index (χ1n) is 7.14. The predicted octanol–water partition coefficient (Wildman–Crippen LogP) is 4.23. The molecular formula is C18H18O2. The lowest BCUT2D eigenvalue weighted by atomic mass is 9.85. The van der Waals surface area contributed by atoms with Crippen LogP contribution in [0, 0.1) is 0 Å². The van der Waals surface area contributed by atoms with Crippen molar-refractivity contribution in [1.82, 2.24) is 0 Å². The number of fused-ring (bicyclic) bond motifs is 2. The highest BCUT2D eigenvalue weighted by atomic mass is 16.7. The van der Waals surface area contributed by atoms with Crippen molar-refractivity contribution in [3.63, 3.8) is 0 Å². The number of ether oxygens (including phenoxy) is 2. The molecule has 2 aliphatic rings. The van der Waals surface area contributed by atoms with E-state index in [0.717, 1.165) is 17.9 Å². The van der Waals surface area contributed by atoms with Crippen LogP contribution < -0.4 is 9.47 Å². The molecule has 0 N–H and O–H groups in total. The summed E-state index contributed by atoms with van der Waals surface area (Å²) < 4.78 is 11.1. The van der Waals surface area contributed by atoms with Crippen LogP contribution in [0.1, 0.15) is 42.9 Å². The van der Waals surface area contributed by atoms with Gasteiger partial charge in [-0.1, -0.05) is 44.2 Å². The molecule has 1 atom stereocenters. The van der Waals surface area contributed by atoms with Crippen LogP contribution in [0.3, 0.4) is 0 Å². The van der Waals surface area contributed by atoms with Gasteiger partial charge in [0.2, 0.25) is 6.79 Å². The molecule has 2 aromatic carbocycles. The molecule has 0 saturated heterocycles.